The van der Waals surface area contributed by atoms with Crippen LogP contribution in [0.5, 0.6) is 0 Å². The lowest BCUT2D eigenvalue weighted by Gasteiger charge is -2.12. The summed E-state index contributed by atoms with van der Waals surface area (Å²) in [4.78, 5) is 30.4. The molecule has 3 aromatic carbocycles. The molecule has 0 radical (unpaired) electrons. The molecule has 0 saturated carbocycles. The molecule has 0 spiro atoms. The summed E-state index contributed by atoms with van der Waals surface area (Å²) >= 11 is 4.07. The Labute approximate surface area is 425 Å². The monoisotopic (exact) mass is 1030 g/mol. The third-order valence-electron chi connectivity index (χ3n) is 11.5. The summed E-state index contributed by atoms with van der Waals surface area (Å²) in [5, 5.41) is 2.35. The van der Waals surface area contributed by atoms with E-state index in [1.165, 1.54) is 21.2 Å². The number of allylic oxidation sites excluding steroid dienone is 23. The molecule has 3 heterocycles. The van der Waals surface area contributed by atoms with E-state index in [1.807, 2.05) is 113 Å². The lowest BCUT2D eigenvalue weighted by Crippen LogP contribution is -2.05. The quantitative estimate of drug-likeness (QED) is 0.0515. The predicted molar refractivity (Wildman–Crippen MR) is 306 cm³/mol. The maximum Gasteiger partial charge on any atom is 0.169 e. The van der Waals surface area contributed by atoms with E-state index in [2.05, 4.69) is 128 Å². The van der Waals surface area contributed by atoms with Gasteiger partial charge in [0.1, 0.15) is 5.82 Å². The van der Waals surface area contributed by atoms with E-state index in [0.717, 1.165) is 71.1 Å². The third-order valence-corrected chi connectivity index (χ3v) is 13.5. The lowest BCUT2D eigenvalue weighted by atomic mass is 9.95. The average Bonchev–Trinajstić information content (AvgIpc) is 3.76. The Morgan fingerprint density at radius 3 is 2.25 bits per heavy atom. The van der Waals surface area contributed by atoms with Crippen LogP contribution >= 0.6 is 33.9 Å². The molecule has 0 bridgehead atoms. The molecule has 0 aliphatic heterocycles. The van der Waals surface area contributed by atoms with Crippen LogP contribution in [0, 0.1) is 0 Å². The fraction of sp³-hybridized carbons (Fsp3) is 0.164. The first-order valence-corrected chi connectivity index (χ1v) is 25.2. The van der Waals surface area contributed by atoms with Crippen LogP contribution in [0.15, 0.2) is 194 Å². The molecule has 1 aliphatic rings. The zero-order valence-corrected chi connectivity index (χ0v) is 43.3. The number of hydrogen-bond acceptors (Lipinski definition) is 7. The first kappa shape index (κ1) is 49.9. The second-order valence-corrected chi connectivity index (χ2v) is 18.4. The summed E-state index contributed by atoms with van der Waals surface area (Å²) in [5.74, 6) is 3.80. The summed E-state index contributed by atoms with van der Waals surface area (Å²) < 4.78 is 3.25. The molecule has 0 amide bonds. The van der Waals surface area contributed by atoms with Gasteiger partial charge in [0.25, 0.3) is 0 Å². The molecule has 0 saturated heterocycles. The van der Waals surface area contributed by atoms with E-state index < -0.39 is 0 Å². The van der Waals surface area contributed by atoms with E-state index in [9.17, 15) is 0 Å². The molecular formula is C61H57IN6S. The summed E-state index contributed by atoms with van der Waals surface area (Å²) in [5.41, 5.74) is 13.4. The van der Waals surface area contributed by atoms with Crippen LogP contribution in [0.3, 0.4) is 0 Å². The summed E-state index contributed by atoms with van der Waals surface area (Å²) in [6, 6.07) is 21.5. The number of thiophene rings is 1. The number of hydrogen-bond donors (Lipinski definition) is 0. The number of aromatic nitrogens is 6. The van der Waals surface area contributed by atoms with Gasteiger partial charge in [-0.05, 0) is 147 Å². The van der Waals surface area contributed by atoms with Crippen LogP contribution in [-0.2, 0) is 6.42 Å². The fourth-order valence-corrected chi connectivity index (χ4v) is 9.56. The Morgan fingerprint density at radius 1 is 0.754 bits per heavy atom. The molecule has 0 fully saturated rings. The summed E-state index contributed by atoms with van der Waals surface area (Å²) in [7, 11) is 0. The van der Waals surface area contributed by atoms with Crippen molar-refractivity contribution >= 4 is 80.0 Å². The molecule has 1 aliphatic carbocycles. The van der Waals surface area contributed by atoms with Crippen LogP contribution in [0.1, 0.15) is 95.2 Å². The van der Waals surface area contributed by atoms with Gasteiger partial charge in [0.15, 0.2) is 29.1 Å². The van der Waals surface area contributed by atoms with Crippen LogP contribution < -0.4 is 0 Å². The number of rotatable bonds is 17. The number of benzene rings is 3. The van der Waals surface area contributed by atoms with E-state index in [0.29, 0.717) is 47.8 Å². The Kier molecular flexibility index (Phi) is 17.6. The molecular weight excluding hydrogens is 976 g/mol. The summed E-state index contributed by atoms with van der Waals surface area (Å²) in [6.45, 7) is 20.1. The SMILES string of the molecule is C=C=C(C/C=C(\C)c1nc(-c2ccccc2)nc(-c2cc(C(/C=C\Cc3nc(/C(I)=C/C=C\C)nc(C(/C=C\C)=C/C)n3)=C/C)cc3c2sc2ccc(C4=CCCC=C4)cc23)n1)C(/C=C\C)=C/C=C. The van der Waals surface area contributed by atoms with Crippen molar-refractivity contribution in [1.29, 1.82) is 0 Å². The molecule has 0 N–H and O–H groups in total. The van der Waals surface area contributed by atoms with Crippen LogP contribution in [0.25, 0.3) is 68.8 Å². The highest BCUT2D eigenvalue weighted by Crippen LogP contribution is 2.43. The Bertz CT molecular complexity index is 3300. The van der Waals surface area contributed by atoms with E-state index in [4.69, 9.17) is 29.9 Å². The average molecular weight is 1030 g/mol. The highest BCUT2D eigenvalue weighted by Gasteiger charge is 2.20. The van der Waals surface area contributed by atoms with Gasteiger partial charge in [0.05, 0.1) is 3.58 Å². The molecule has 7 rings (SSSR count). The number of nitrogens with zero attached hydrogens (tertiary/aromatic N) is 6. The van der Waals surface area contributed by atoms with Gasteiger partial charge in [-0.25, -0.2) is 29.9 Å². The minimum Gasteiger partial charge on any atom is -0.213 e. The van der Waals surface area contributed by atoms with Crippen molar-refractivity contribution in [3.05, 3.63) is 228 Å². The fourth-order valence-electron chi connectivity index (χ4n) is 7.94. The second kappa shape index (κ2) is 24.4. The van der Waals surface area contributed by atoms with Crippen molar-refractivity contribution in [3.8, 4) is 22.8 Å². The van der Waals surface area contributed by atoms with E-state index in [1.54, 1.807) is 17.4 Å². The summed E-state index contributed by atoms with van der Waals surface area (Å²) in [6.07, 6.45) is 38.6. The normalized spacial score (nSPS) is 14.3. The molecule has 8 heteroatoms. The Hall–Kier alpha value is -6.97. The first-order chi connectivity index (χ1) is 33.7. The van der Waals surface area contributed by atoms with E-state index >= 15 is 0 Å². The molecule has 0 atom stereocenters. The van der Waals surface area contributed by atoms with Crippen LogP contribution in [0.4, 0.5) is 0 Å². The van der Waals surface area contributed by atoms with Gasteiger partial charge in [-0.2, -0.15) is 0 Å². The van der Waals surface area contributed by atoms with Crippen LogP contribution in [0.2, 0.25) is 0 Å². The Morgan fingerprint density at radius 2 is 1.54 bits per heavy atom. The van der Waals surface area contributed by atoms with E-state index in [-0.39, 0.29) is 0 Å². The van der Waals surface area contributed by atoms with Gasteiger partial charge in [-0.1, -0.05) is 147 Å². The van der Waals surface area contributed by atoms with Gasteiger partial charge in [0.2, 0.25) is 0 Å². The van der Waals surface area contributed by atoms with Crippen molar-refractivity contribution in [2.24, 2.45) is 0 Å². The van der Waals surface area contributed by atoms with Gasteiger partial charge in [-0.15, -0.1) is 17.1 Å². The van der Waals surface area contributed by atoms with Crippen molar-refractivity contribution < 1.29 is 0 Å². The maximum atomic E-state index is 5.30. The molecule has 0 unspecified atom stereocenters. The third kappa shape index (κ3) is 12.2. The van der Waals surface area contributed by atoms with Crippen molar-refractivity contribution in [3.63, 3.8) is 0 Å². The topological polar surface area (TPSA) is 77.3 Å². The zero-order chi connectivity index (χ0) is 48.7. The number of halogens is 1. The first-order valence-electron chi connectivity index (χ1n) is 23.3. The minimum atomic E-state index is 0.508. The van der Waals surface area contributed by atoms with Crippen molar-refractivity contribution in [2.75, 3.05) is 0 Å². The Balaban J connectivity index is 1.39. The smallest absolute Gasteiger partial charge is 0.169 e. The molecule has 69 heavy (non-hydrogen) atoms. The minimum absolute atomic E-state index is 0.508. The standard InChI is InChI=1S/C61H57IN6S/c1-9-16-32-53(62)61-64-55(63-58(68-61)44(15-7)24-10-2)33-23-31-42(13-5)49-39-51-50-38-48(46-27-19-17-20-28-46)36-37-54(50)69-56(51)52(40-49)60-66-57(65-59(67-60)47-29-21-18-22-30-47)41(8)34-35-43(14-6)45(25-11-3)26-12-4/h9-13,15-16,18-19,21-32,34,36-40H,3,6,17,20,33,35H2,1-2,4-5,7-8H3/b16-9-,24-10-,26-12-,31-23-,41-34+,42-13+,44-15+,45-25+,53-32-. The van der Waals surface area contributed by atoms with Gasteiger partial charge in [-0.3, -0.25) is 0 Å². The van der Waals surface area contributed by atoms with Gasteiger partial charge < -0.3 is 0 Å². The zero-order valence-electron chi connectivity index (χ0n) is 40.3. The molecule has 3 aromatic heterocycles. The van der Waals surface area contributed by atoms with Gasteiger partial charge in [0, 0.05) is 48.9 Å². The van der Waals surface area contributed by atoms with Crippen LogP contribution in [-0.4, -0.2) is 29.9 Å². The highest BCUT2D eigenvalue weighted by atomic mass is 127. The highest BCUT2D eigenvalue weighted by molar-refractivity contribution is 14.1. The maximum absolute atomic E-state index is 5.30. The van der Waals surface area contributed by atoms with Gasteiger partial charge >= 0.3 is 0 Å². The molecule has 6 nitrogen and oxygen atoms in total. The second-order valence-electron chi connectivity index (χ2n) is 16.2. The molecule has 6 aromatic rings. The largest absolute Gasteiger partial charge is 0.213 e. The van der Waals surface area contributed by atoms with Crippen molar-refractivity contribution in [1.82, 2.24) is 29.9 Å². The predicted octanol–water partition coefficient (Wildman–Crippen LogP) is 17.2. The number of fused-ring (bicyclic) bond motifs is 3. The molecule has 344 valence electrons. The lowest BCUT2D eigenvalue weighted by molar-refractivity contribution is 0.903. The van der Waals surface area contributed by atoms with Crippen molar-refractivity contribution in [2.45, 2.75) is 67.2 Å².